The molecule has 0 atom stereocenters. The van der Waals surface area contributed by atoms with Crippen LogP contribution in [0.15, 0.2) is 109 Å². The maximum Gasteiger partial charge on any atom is 0.319 e. The lowest BCUT2D eigenvalue weighted by atomic mass is 10.0. The number of unbranched alkanes of at least 4 members (excludes halogenated alkanes) is 3. The van der Waals surface area contributed by atoms with E-state index in [-0.39, 0.29) is 23.6 Å². The minimum absolute atomic E-state index is 0.0642. The van der Waals surface area contributed by atoms with Crippen LogP contribution in [0.1, 0.15) is 57.5 Å². The fourth-order valence-corrected chi connectivity index (χ4v) is 4.28. The number of nitrogens with one attached hydrogen (secondary N) is 4. The Bertz CT molecular complexity index is 1360. The molecule has 0 heterocycles. The van der Waals surface area contributed by atoms with Crippen LogP contribution in [-0.2, 0) is 0 Å². The van der Waals surface area contributed by atoms with Crippen molar-refractivity contribution in [3.63, 3.8) is 0 Å². The molecular formula is C34H34N4O4. The molecule has 0 saturated heterocycles. The lowest BCUT2D eigenvalue weighted by molar-refractivity contribution is 0.103. The van der Waals surface area contributed by atoms with Crippen molar-refractivity contribution < 1.29 is 19.2 Å². The first kappa shape index (κ1) is 29.7. The van der Waals surface area contributed by atoms with Crippen LogP contribution in [-0.4, -0.2) is 36.7 Å². The molecule has 214 valence electrons. The van der Waals surface area contributed by atoms with Crippen LogP contribution in [0, 0.1) is 0 Å². The molecule has 0 unspecified atom stereocenters. The molecule has 0 saturated carbocycles. The third-order valence-electron chi connectivity index (χ3n) is 6.56. The third kappa shape index (κ3) is 9.16. The highest BCUT2D eigenvalue weighted by Crippen LogP contribution is 2.15. The van der Waals surface area contributed by atoms with Gasteiger partial charge in [-0.2, -0.15) is 0 Å². The second-order valence-corrected chi connectivity index (χ2v) is 9.72. The van der Waals surface area contributed by atoms with Gasteiger partial charge in [-0.15, -0.1) is 0 Å². The Hall–Kier alpha value is -5.24. The summed E-state index contributed by atoms with van der Waals surface area (Å²) in [5.41, 5.74) is 3.58. The van der Waals surface area contributed by atoms with Crippen molar-refractivity contribution >= 4 is 35.0 Å². The first-order chi connectivity index (χ1) is 20.5. The van der Waals surface area contributed by atoms with Crippen LogP contribution < -0.4 is 21.3 Å². The number of amides is 4. The highest BCUT2D eigenvalue weighted by molar-refractivity contribution is 6.09. The lowest BCUT2D eigenvalue weighted by Gasteiger charge is -2.09. The molecule has 0 fully saturated rings. The average molecular weight is 563 g/mol. The maximum absolute atomic E-state index is 12.5. The molecule has 0 aliphatic carbocycles. The zero-order valence-corrected chi connectivity index (χ0v) is 23.3. The van der Waals surface area contributed by atoms with E-state index in [4.69, 9.17) is 0 Å². The number of ketones is 2. The lowest BCUT2D eigenvalue weighted by Crippen LogP contribution is -2.30. The van der Waals surface area contributed by atoms with Crippen molar-refractivity contribution in [2.45, 2.75) is 25.7 Å². The largest absolute Gasteiger partial charge is 0.338 e. The van der Waals surface area contributed by atoms with E-state index in [1.54, 1.807) is 72.8 Å². The molecule has 4 rings (SSSR count). The van der Waals surface area contributed by atoms with Crippen LogP contribution in [0.2, 0.25) is 0 Å². The normalized spacial score (nSPS) is 10.4. The van der Waals surface area contributed by atoms with Gasteiger partial charge in [0.25, 0.3) is 0 Å². The van der Waals surface area contributed by atoms with Gasteiger partial charge in [0.15, 0.2) is 11.6 Å². The van der Waals surface area contributed by atoms with E-state index in [1.165, 1.54) is 0 Å². The topological polar surface area (TPSA) is 116 Å². The minimum Gasteiger partial charge on any atom is -0.338 e. The van der Waals surface area contributed by atoms with Gasteiger partial charge in [0.1, 0.15) is 0 Å². The Kier molecular flexibility index (Phi) is 11.0. The van der Waals surface area contributed by atoms with Crippen molar-refractivity contribution in [1.82, 2.24) is 10.6 Å². The second-order valence-electron chi connectivity index (χ2n) is 9.72. The predicted molar refractivity (Wildman–Crippen MR) is 165 cm³/mol. The van der Waals surface area contributed by atoms with Crippen molar-refractivity contribution in [1.29, 1.82) is 0 Å². The Balaban J connectivity index is 1.04. The molecule has 0 aliphatic rings. The summed E-state index contributed by atoms with van der Waals surface area (Å²) >= 11 is 0. The number of rotatable bonds is 13. The van der Waals surface area contributed by atoms with Gasteiger partial charge >= 0.3 is 12.1 Å². The summed E-state index contributed by atoms with van der Waals surface area (Å²) in [4.78, 5) is 49.3. The second kappa shape index (κ2) is 15.5. The SMILES string of the molecule is O=C(NCCCCCCNC(=O)Nc1ccc(C(=O)c2ccccc2)cc1)Nc1ccc(C(=O)c2ccccc2)cc1. The zero-order valence-electron chi connectivity index (χ0n) is 23.3. The van der Waals surface area contributed by atoms with Gasteiger partial charge in [-0.05, 0) is 61.4 Å². The summed E-state index contributed by atoms with van der Waals surface area (Å²) in [6.45, 7) is 1.07. The van der Waals surface area contributed by atoms with Crippen LogP contribution >= 0.6 is 0 Å². The summed E-state index contributed by atoms with van der Waals surface area (Å²) < 4.78 is 0. The average Bonchev–Trinajstić information content (AvgIpc) is 3.03. The van der Waals surface area contributed by atoms with Gasteiger partial charge in [0.05, 0.1) is 0 Å². The number of anilines is 2. The van der Waals surface area contributed by atoms with Crippen LogP contribution in [0.25, 0.3) is 0 Å². The summed E-state index contributed by atoms with van der Waals surface area (Å²) in [6.07, 6.45) is 3.46. The van der Waals surface area contributed by atoms with E-state index < -0.39 is 0 Å². The molecule has 4 aromatic carbocycles. The summed E-state index contributed by atoms with van der Waals surface area (Å²) in [6, 6.07) is 31.1. The number of carbonyl (C=O) groups is 4. The molecule has 0 aromatic heterocycles. The van der Waals surface area contributed by atoms with Crippen molar-refractivity contribution in [2.75, 3.05) is 23.7 Å². The molecule has 8 heteroatoms. The molecule has 4 amide bonds. The molecule has 0 spiro atoms. The molecule has 0 aliphatic heterocycles. The Morgan fingerprint density at radius 1 is 0.405 bits per heavy atom. The third-order valence-corrected chi connectivity index (χ3v) is 6.56. The van der Waals surface area contributed by atoms with Crippen LogP contribution in [0.3, 0.4) is 0 Å². The Morgan fingerprint density at radius 3 is 1.10 bits per heavy atom. The highest BCUT2D eigenvalue weighted by atomic mass is 16.2. The van der Waals surface area contributed by atoms with Gasteiger partial charge in [0.2, 0.25) is 0 Å². The van der Waals surface area contributed by atoms with Crippen molar-refractivity contribution in [2.24, 2.45) is 0 Å². The van der Waals surface area contributed by atoms with Gasteiger partial charge in [0, 0.05) is 46.7 Å². The highest BCUT2D eigenvalue weighted by Gasteiger charge is 2.10. The van der Waals surface area contributed by atoms with Gasteiger partial charge in [-0.25, -0.2) is 9.59 Å². The number of hydrogen-bond acceptors (Lipinski definition) is 4. The molecule has 0 bridgehead atoms. The Labute approximate surface area is 245 Å². The number of hydrogen-bond donors (Lipinski definition) is 4. The molecule has 8 nitrogen and oxygen atoms in total. The monoisotopic (exact) mass is 562 g/mol. The van der Waals surface area contributed by atoms with Gasteiger partial charge < -0.3 is 21.3 Å². The molecular weight excluding hydrogens is 528 g/mol. The van der Waals surface area contributed by atoms with E-state index in [2.05, 4.69) is 21.3 Å². The minimum atomic E-state index is -0.298. The quantitative estimate of drug-likeness (QED) is 0.108. The smallest absolute Gasteiger partial charge is 0.319 e. The summed E-state index contributed by atoms with van der Waals surface area (Å²) in [5, 5.41) is 11.2. The fraction of sp³-hybridized carbons (Fsp3) is 0.176. The number of urea groups is 2. The molecule has 4 N–H and O–H groups in total. The van der Waals surface area contributed by atoms with E-state index in [0.717, 1.165) is 25.7 Å². The zero-order chi connectivity index (χ0) is 29.6. The number of benzene rings is 4. The Morgan fingerprint density at radius 2 is 0.738 bits per heavy atom. The van der Waals surface area contributed by atoms with Crippen LogP contribution in [0.4, 0.5) is 21.0 Å². The van der Waals surface area contributed by atoms with E-state index in [1.807, 2.05) is 36.4 Å². The fourth-order valence-electron chi connectivity index (χ4n) is 4.28. The molecule has 0 radical (unpaired) electrons. The standard InChI is InChI=1S/C34H34N4O4/c39-31(25-11-5-3-6-12-25)27-15-19-29(20-16-27)37-33(41)35-23-9-1-2-10-24-36-34(42)38-30-21-17-28(18-22-30)32(40)26-13-7-4-8-14-26/h3-8,11-22H,1-2,9-10,23-24H2,(H2,35,37,41)(H2,36,38,42). The maximum atomic E-state index is 12.5. The van der Waals surface area contributed by atoms with E-state index in [0.29, 0.717) is 46.7 Å². The van der Waals surface area contributed by atoms with Crippen molar-refractivity contribution in [3.8, 4) is 0 Å². The summed E-state index contributed by atoms with van der Waals surface area (Å²) in [5.74, 6) is -0.128. The molecule has 4 aromatic rings. The number of carbonyl (C=O) groups excluding carboxylic acids is 4. The van der Waals surface area contributed by atoms with E-state index >= 15 is 0 Å². The van der Waals surface area contributed by atoms with E-state index in [9.17, 15) is 19.2 Å². The van der Waals surface area contributed by atoms with Crippen molar-refractivity contribution in [3.05, 3.63) is 131 Å². The predicted octanol–water partition coefficient (Wildman–Crippen LogP) is 6.65. The first-order valence-corrected chi connectivity index (χ1v) is 14.0. The first-order valence-electron chi connectivity index (χ1n) is 14.0. The van der Waals surface area contributed by atoms with Crippen LogP contribution in [0.5, 0.6) is 0 Å². The molecule has 42 heavy (non-hydrogen) atoms. The van der Waals surface area contributed by atoms with Gasteiger partial charge in [-0.1, -0.05) is 73.5 Å². The van der Waals surface area contributed by atoms with Gasteiger partial charge in [-0.3, -0.25) is 9.59 Å². The summed E-state index contributed by atoms with van der Waals surface area (Å²) in [7, 11) is 0.